The highest BCUT2D eigenvalue weighted by Gasteiger charge is 2.10. The van der Waals surface area contributed by atoms with Crippen LogP contribution in [0.5, 0.6) is 0 Å². The zero-order chi connectivity index (χ0) is 16.7. The van der Waals surface area contributed by atoms with Crippen LogP contribution in [0, 0.1) is 6.92 Å². The Morgan fingerprint density at radius 1 is 1.22 bits per heavy atom. The van der Waals surface area contributed by atoms with Crippen LogP contribution in [0.25, 0.3) is 11.4 Å². The van der Waals surface area contributed by atoms with Crippen molar-refractivity contribution in [2.75, 3.05) is 13.7 Å². The van der Waals surface area contributed by atoms with Crippen molar-refractivity contribution in [2.24, 2.45) is 5.16 Å². The molecule has 0 radical (unpaired) electrons. The third-order valence-corrected chi connectivity index (χ3v) is 3.00. The number of oxime groups is 1. The lowest BCUT2D eigenvalue weighted by atomic mass is 10.1. The number of aromatic nitrogens is 4. The summed E-state index contributed by atoms with van der Waals surface area (Å²) >= 11 is 0. The first kappa shape index (κ1) is 16.5. The molecule has 0 aliphatic carbocycles. The van der Waals surface area contributed by atoms with Gasteiger partial charge in [-0.05, 0) is 19.4 Å². The number of likely N-dealkylation sites (N-methyl/N-ethyl adjacent to an activating group) is 1. The van der Waals surface area contributed by atoms with E-state index in [1.807, 2.05) is 24.3 Å². The van der Waals surface area contributed by atoms with Crippen molar-refractivity contribution in [1.82, 2.24) is 25.3 Å². The van der Waals surface area contributed by atoms with Crippen molar-refractivity contribution in [3.8, 4) is 11.4 Å². The molecule has 1 aromatic heterocycles. The third kappa shape index (κ3) is 4.80. The summed E-state index contributed by atoms with van der Waals surface area (Å²) in [4.78, 5) is 18.2. The molecule has 0 atom stereocenters. The molecule has 23 heavy (non-hydrogen) atoms. The molecule has 0 spiro atoms. The monoisotopic (exact) mass is 314 g/mol. The molecule has 8 heteroatoms. The number of rotatable bonds is 6. The number of hydrogen-bond donors (Lipinski definition) is 0. The van der Waals surface area contributed by atoms with Crippen LogP contribution in [-0.4, -0.2) is 51.1 Å². The minimum atomic E-state index is -0.144. The minimum Gasteiger partial charge on any atom is -0.386 e. The van der Waals surface area contributed by atoms with E-state index < -0.39 is 0 Å². The van der Waals surface area contributed by atoms with E-state index in [1.54, 1.807) is 25.8 Å². The predicted octanol–water partition coefficient (Wildman–Crippen LogP) is 1.22. The van der Waals surface area contributed by atoms with E-state index in [1.165, 1.54) is 6.21 Å². The van der Waals surface area contributed by atoms with Crippen LogP contribution in [0.3, 0.4) is 0 Å². The lowest BCUT2D eigenvalue weighted by molar-refractivity contribution is -0.135. The number of nitrogens with zero attached hydrogens (tertiary/aromatic N) is 6. The zero-order valence-electron chi connectivity index (χ0n) is 13.3. The van der Waals surface area contributed by atoms with Crippen molar-refractivity contribution in [2.45, 2.75) is 20.4 Å². The summed E-state index contributed by atoms with van der Waals surface area (Å²) in [5.74, 6) is 0.854. The number of benzene rings is 1. The second-order valence-corrected chi connectivity index (χ2v) is 4.85. The van der Waals surface area contributed by atoms with E-state index in [2.05, 4.69) is 25.6 Å². The van der Waals surface area contributed by atoms with Crippen LogP contribution >= 0.6 is 0 Å². The first-order valence-electron chi connectivity index (χ1n) is 7.07. The average molecular weight is 314 g/mol. The van der Waals surface area contributed by atoms with E-state index in [0.29, 0.717) is 18.2 Å². The Morgan fingerprint density at radius 2 is 1.87 bits per heavy atom. The summed E-state index contributed by atoms with van der Waals surface area (Å²) in [7, 11) is 1.71. The highest BCUT2D eigenvalue weighted by atomic mass is 16.6. The first-order chi connectivity index (χ1) is 11.1. The van der Waals surface area contributed by atoms with Gasteiger partial charge in [0.25, 0.3) is 5.91 Å². The Balaban J connectivity index is 1.96. The molecule has 0 unspecified atom stereocenters. The van der Waals surface area contributed by atoms with E-state index in [0.717, 1.165) is 11.1 Å². The molecule has 0 saturated heterocycles. The molecule has 2 aromatic rings. The molecule has 120 valence electrons. The lowest BCUT2D eigenvalue weighted by Gasteiger charge is -2.16. The van der Waals surface area contributed by atoms with Crippen LogP contribution in [0.2, 0.25) is 0 Å². The van der Waals surface area contributed by atoms with Crippen molar-refractivity contribution < 1.29 is 9.63 Å². The van der Waals surface area contributed by atoms with Crippen LogP contribution in [0.1, 0.15) is 18.3 Å². The van der Waals surface area contributed by atoms with Crippen molar-refractivity contribution >= 4 is 12.1 Å². The number of aryl methyl sites for hydroxylation is 1. The highest BCUT2D eigenvalue weighted by molar-refractivity contribution is 5.77. The van der Waals surface area contributed by atoms with Gasteiger partial charge in [-0.3, -0.25) is 4.79 Å². The zero-order valence-corrected chi connectivity index (χ0v) is 13.3. The quantitative estimate of drug-likeness (QED) is 0.588. The average Bonchev–Trinajstić information content (AvgIpc) is 2.56. The van der Waals surface area contributed by atoms with Gasteiger partial charge in [-0.15, -0.1) is 20.4 Å². The van der Waals surface area contributed by atoms with Gasteiger partial charge >= 0.3 is 0 Å². The first-order valence-corrected chi connectivity index (χ1v) is 7.07. The fourth-order valence-corrected chi connectivity index (χ4v) is 1.79. The Labute approximate surface area is 134 Å². The molecular weight excluding hydrogens is 296 g/mol. The van der Waals surface area contributed by atoms with E-state index in [9.17, 15) is 4.79 Å². The van der Waals surface area contributed by atoms with Crippen molar-refractivity contribution in [3.05, 3.63) is 35.7 Å². The Morgan fingerprint density at radius 3 is 2.48 bits per heavy atom. The molecule has 1 amide bonds. The van der Waals surface area contributed by atoms with Gasteiger partial charge in [0.15, 0.2) is 12.4 Å². The minimum absolute atomic E-state index is 0.0759. The summed E-state index contributed by atoms with van der Waals surface area (Å²) in [6.45, 7) is 3.85. The number of amides is 1. The predicted molar refractivity (Wildman–Crippen MR) is 84.4 cm³/mol. The fraction of sp³-hybridized carbons (Fsp3) is 0.333. The SMILES string of the molecule is CC=NOCC(=O)N(C)Cc1ccc(-c2nnc(C)nn2)cc1. The molecule has 0 N–H and O–H groups in total. The van der Waals surface area contributed by atoms with Gasteiger partial charge in [-0.25, -0.2) is 0 Å². The molecule has 2 rings (SSSR count). The van der Waals surface area contributed by atoms with Crippen molar-refractivity contribution in [1.29, 1.82) is 0 Å². The standard InChI is InChI=1S/C15H18N6O2/c1-4-16-23-10-14(22)21(3)9-12-5-7-13(8-6-12)15-19-17-11(2)18-20-15/h4-8H,9-10H2,1-3H3. The highest BCUT2D eigenvalue weighted by Crippen LogP contribution is 2.15. The van der Waals surface area contributed by atoms with Crippen LogP contribution in [0.15, 0.2) is 29.4 Å². The maximum absolute atomic E-state index is 11.8. The molecule has 8 nitrogen and oxygen atoms in total. The molecule has 0 fully saturated rings. The van der Waals surface area contributed by atoms with Crippen LogP contribution in [-0.2, 0) is 16.2 Å². The van der Waals surface area contributed by atoms with Gasteiger partial charge in [0.2, 0.25) is 5.82 Å². The Kier molecular flexibility index (Phi) is 5.67. The van der Waals surface area contributed by atoms with Gasteiger partial charge in [-0.2, -0.15) is 0 Å². The van der Waals surface area contributed by atoms with E-state index in [-0.39, 0.29) is 12.5 Å². The number of hydrogen-bond acceptors (Lipinski definition) is 7. The van der Waals surface area contributed by atoms with Gasteiger partial charge in [0, 0.05) is 25.4 Å². The van der Waals surface area contributed by atoms with Crippen LogP contribution in [0.4, 0.5) is 0 Å². The molecule has 0 saturated carbocycles. The summed E-state index contributed by atoms with van der Waals surface area (Å²) in [6, 6.07) is 7.57. The van der Waals surface area contributed by atoms with Gasteiger partial charge < -0.3 is 9.74 Å². The smallest absolute Gasteiger partial charge is 0.263 e. The Bertz CT molecular complexity index is 669. The molecule has 0 aliphatic rings. The largest absolute Gasteiger partial charge is 0.386 e. The molecular formula is C15H18N6O2. The number of carbonyl (C=O) groups is 1. The fourth-order valence-electron chi connectivity index (χ4n) is 1.79. The summed E-state index contributed by atoms with van der Waals surface area (Å²) < 4.78 is 0. The molecule has 0 aliphatic heterocycles. The topological polar surface area (TPSA) is 93.5 Å². The van der Waals surface area contributed by atoms with Crippen LogP contribution < -0.4 is 0 Å². The summed E-state index contributed by atoms with van der Waals surface area (Å²) in [6.07, 6.45) is 1.49. The normalized spacial score (nSPS) is 10.7. The molecule has 1 aromatic carbocycles. The summed E-state index contributed by atoms with van der Waals surface area (Å²) in [5, 5.41) is 19.3. The lowest BCUT2D eigenvalue weighted by Crippen LogP contribution is -2.29. The molecule has 1 heterocycles. The second-order valence-electron chi connectivity index (χ2n) is 4.85. The third-order valence-electron chi connectivity index (χ3n) is 3.00. The maximum atomic E-state index is 11.8. The van der Waals surface area contributed by atoms with Gasteiger partial charge in [-0.1, -0.05) is 29.4 Å². The number of carbonyl (C=O) groups excluding carboxylic acids is 1. The summed E-state index contributed by atoms with van der Waals surface area (Å²) in [5.41, 5.74) is 1.81. The second kappa shape index (κ2) is 7.92. The maximum Gasteiger partial charge on any atom is 0.263 e. The van der Waals surface area contributed by atoms with Crippen molar-refractivity contribution in [3.63, 3.8) is 0 Å². The van der Waals surface area contributed by atoms with E-state index >= 15 is 0 Å². The Hall–Kier alpha value is -2.90. The van der Waals surface area contributed by atoms with Gasteiger partial charge in [0.1, 0.15) is 0 Å². The van der Waals surface area contributed by atoms with E-state index in [4.69, 9.17) is 4.84 Å². The van der Waals surface area contributed by atoms with Gasteiger partial charge in [0.05, 0.1) is 0 Å². The molecule has 0 bridgehead atoms.